The van der Waals surface area contributed by atoms with Gasteiger partial charge in [-0.25, -0.2) is 0 Å². The summed E-state index contributed by atoms with van der Waals surface area (Å²) in [5.74, 6) is -16.3. The van der Waals surface area contributed by atoms with E-state index in [4.69, 9.17) is 90.0 Å². The van der Waals surface area contributed by atoms with Crippen molar-refractivity contribution in [2.75, 3.05) is 13.7 Å². The van der Waals surface area contributed by atoms with Gasteiger partial charge < -0.3 is 116 Å². The molecule has 11 bridgehead atoms. The molecule has 7 heterocycles. The number of aromatic hydroxyl groups is 3. The number of likely N-dealkylation sites (N-methyl/N-ethyl adjacent to an activating group) is 1. The maximum atomic E-state index is 16.3. The Kier molecular flexibility index (Phi) is 27.0. The second-order valence-corrected chi connectivity index (χ2v) is 31.6. The number of Topliss-reactive ketones (excluding diaryl/α,β-unsaturated/α-hetero) is 3. The molecule has 7 aromatic carbocycles. The van der Waals surface area contributed by atoms with E-state index in [0.29, 0.717) is 15.8 Å². The Hall–Kier alpha value is -9.94. The number of carbonyl (C=O) groups excluding carboxylic acids is 8. The first-order chi connectivity index (χ1) is 55.6. The molecular weight excluding hydrogens is 1610 g/mol. The number of rotatable bonds is 19. The van der Waals surface area contributed by atoms with E-state index < -0.39 is 210 Å². The maximum absolute atomic E-state index is 16.3. The van der Waals surface area contributed by atoms with Gasteiger partial charge in [0.1, 0.15) is 89.4 Å². The standard InChI is InChI=1S/C82H87Cl4N7O24/c1-35(2)19-54(88-6)78(108)92-69-57(99)23-43(26-64(87)101)76(106)91-68-42-24-61(113-59-17-11-41(70(69)102)22-52(59)85)73(117-81-74(72(104)71(103)63(33-94)115-81)116-65-31-82(5,75(105)37(4)111-65)89-32-38-7-12-45(13-8-38)110-34-39-9-15-50(83)51(84)20-39)62(25-42)114-60-18-14-46(29-53(60)86)112-80-79(109)90-67(36(3)95)49-27-44(96)28-56(98)66(49)48-21-40(10-16-55(48)97)47(30-58(68)100)77(107)93-80/h7-18,20-22,24-25,27-29,35,37,43,47,54,63,65,67-72,74-75,80-81,88-89,94,96-98,102-105H,19,23,26,30-34H2,1-6H3,(H2,87,101)(H,90,109)(H,91,106)(H,92,108)(H,93,107)/t37?,43-,47+,54+,63?,65?,67+,68+,69-,70+,71?,72?,74?,75?,80-,81?,82?/m0/s1. The van der Waals surface area contributed by atoms with Gasteiger partial charge in [-0.05, 0) is 152 Å². The summed E-state index contributed by atoms with van der Waals surface area (Å²) in [4.78, 5) is 119. The van der Waals surface area contributed by atoms with Crippen LogP contribution in [0.3, 0.4) is 0 Å². The van der Waals surface area contributed by atoms with Crippen LogP contribution in [0, 0.1) is 11.8 Å². The number of ether oxygens (including phenoxy) is 8. The quantitative estimate of drug-likeness (QED) is 0.0370. The average Bonchev–Trinajstić information content (AvgIpc) is 0.768. The molecule has 9 unspecified atom stereocenters. The van der Waals surface area contributed by atoms with Crippen molar-refractivity contribution in [3.05, 3.63) is 175 Å². The Balaban J connectivity index is 1.01. The normalized spacial score (nSPS) is 26.4. The number of nitrogens with one attached hydrogen (secondary N) is 6. The largest absolute Gasteiger partial charge is 0.508 e. The first-order valence-corrected chi connectivity index (χ1v) is 38.9. The molecule has 7 aromatic rings. The first kappa shape index (κ1) is 86.4. The van der Waals surface area contributed by atoms with Crippen LogP contribution in [-0.2, 0) is 65.7 Å². The summed E-state index contributed by atoms with van der Waals surface area (Å²) in [6.45, 7) is 7.47. The summed E-state index contributed by atoms with van der Waals surface area (Å²) in [5, 5.41) is 110. The minimum atomic E-state index is -2.18. The minimum Gasteiger partial charge on any atom is -0.508 e. The number of hydrogen-bond donors (Lipinski definition) is 15. The number of phenols is 3. The molecule has 16 N–H and O–H groups in total. The van der Waals surface area contributed by atoms with Crippen LogP contribution >= 0.6 is 46.4 Å². The smallest absolute Gasteiger partial charge is 0.283 e. The van der Waals surface area contributed by atoms with Crippen LogP contribution in [0.15, 0.2) is 121 Å². The van der Waals surface area contributed by atoms with Crippen LogP contribution in [0.4, 0.5) is 0 Å². The van der Waals surface area contributed by atoms with Crippen molar-refractivity contribution in [2.24, 2.45) is 17.6 Å². The van der Waals surface area contributed by atoms with Crippen LogP contribution in [0.5, 0.6) is 57.5 Å². The highest BCUT2D eigenvalue weighted by atomic mass is 35.5. The molecule has 5 amide bonds. The number of primary amides is 1. The van der Waals surface area contributed by atoms with Gasteiger partial charge in [-0.15, -0.1) is 0 Å². The SMILES string of the molecule is CN[C@H](CC(C)C)C(=O)N[C@H]1C(=O)C[C@@H](CC(N)=O)C(=O)N[C@H]2C(=O)C[C@H]3C(=O)N[C@@H](Oc4ccc(c(Cl)c4)Oc4cc2cc(c4OC2OC(CO)C(O)C(O)C2OC2CC(C)(NCc4ccc(OCc5ccc(Cl)c(Cl)c5)cc4)C(O)C(C)O2)Oc2ccc(cc2Cl)[C@H]1O)C(=O)N[C@H](C(C)=O)c1cc(O)cc(O)c1-c1cc3ccc1O. The summed E-state index contributed by atoms with van der Waals surface area (Å²) < 4.78 is 51.9. The minimum absolute atomic E-state index is 0.0769. The lowest BCUT2D eigenvalue weighted by Gasteiger charge is -2.48. The Labute approximate surface area is 690 Å². The lowest BCUT2D eigenvalue weighted by Crippen LogP contribution is -2.65. The van der Waals surface area contributed by atoms with E-state index in [-0.39, 0.29) is 92.6 Å². The Bertz CT molecular complexity index is 4970. The highest BCUT2D eigenvalue weighted by Gasteiger charge is 2.52. The number of amides is 5. The van der Waals surface area contributed by atoms with Gasteiger partial charge in [0.25, 0.3) is 12.1 Å². The van der Waals surface area contributed by atoms with Gasteiger partial charge >= 0.3 is 0 Å². The van der Waals surface area contributed by atoms with Crippen molar-refractivity contribution in [3.8, 4) is 68.6 Å². The van der Waals surface area contributed by atoms with E-state index in [9.17, 15) is 60.0 Å². The molecule has 7 aliphatic heterocycles. The summed E-state index contributed by atoms with van der Waals surface area (Å²) in [6.07, 6.45) is -20.2. The number of nitrogens with two attached hydrogens (primary N) is 1. The third-order valence-corrected chi connectivity index (χ3v) is 22.3. The van der Waals surface area contributed by atoms with E-state index in [1.165, 1.54) is 49.5 Å². The Morgan fingerprint density at radius 2 is 1.38 bits per heavy atom. The number of halogens is 4. The van der Waals surface area contributed by atoms with E-state index in [1.54, 1.807) is 44.2 Å². The number of hydrogen-bond acceptors (Lipinski definition) is 26. The zero-order valence-electron chi connectivity index (χ0n) is 63.7. The lowest BCUT2D eigenvalue weighted by molar-refractivity contribution is -0.334. The van der Waals surface area contributed by atoms with Gasteiger partial charge in [0, 0.05) is 61.0 Å². The molecule has 0 saturated carbocycles. The number of phenolic OH excluding ortho intramolecular Hbond substituents is 3. The number of aliphatic hydroxyl groups is 5. The van der Waals surface area contributed by atoms with Crippen molar-refractivity contribution in [3.63, 3.8) is 0 Å². The Morgan fingerprint density at radius 1 is 0.701 bits per heavy atom. The predicted octanol–water partition coefficient (Wildman–Crippen LogP) is 7.61. The second kappa shape index (κ2) is 36.5. The van der Waals surface area contributed by atoms with Gasteiger partial charge in [-0.2, -0.15) is 0 Å². The van der Waals surface area contributed by atoms with Crippen LogP contribution in [-0.4, -0.2) is 174 Å². The fourth-order valence-corrected chi connectivity index (χ4v) is 15.5. The first-order valence-electron chi connectivity index (χ1n) is 37.4. The lowest BCUT2D eigenvalue weighted by atomic mass is 9.84. The van der Waals surface area contributed by atoms with Crippen molar-refractivity contribution in [2.45, 2.75) is 177 Å². The molecular formula is C82H87Cl4N7O24. The molecule has 0 radical (unpaired) electrons. The Morgan fingerprint density at radius 3 is 2.03 bits per heavy atom. The predicted molar refractivity (Wildman–Crippen MR) is 421 cm³/mol. The molecule has 31 nitrogen and oxygen atoms in total. The van der Waals surface area contributed by atoms with Crippen LogP contribution in [0.25, 0.3) is 11.1 Å². The monoisotopic (exact) mass is 1690 g/mol. The van der Waals surface area contributed by atoms with E-state index in [2.05, 4.69) is 31.9 Å². The van der Waals surface area contributed by atoms with Crippen molar-refractivity contribution in [1.29, 1.82) is 0 Å². The van der Waals surface area contributed by atoms with Crippen molar-refractivity contribution < 1.29 is 117 Å². The van der Waals surface area contributed by atoms with Crippen LogP contribution in [0.1, 0.15) is 124 Å². The fraction of sp³-hybridized carbons (Fsp3) is 0.390. The highest BCUT2D eigenvalue weighted by molar-refractivity contribution is 6.42. The summed E-state index contributed by atoms with van der Waals surface area (Å²) in [5.41, 5.74) is 4.67. The number of ketones is 3. The molecule has 0 aliphatic carbocycles. The molecule has 117 heavy (non-hydrogen) atoms. The second-order valence-electron chi connectivity index (χ2n) is 30.0. The fourth-order valence-electron chi connectivity index (χ4n) is 14.7. The molecule has 2 saturated heterocycles. The molecule has 35 heteroatoms. The van der Waals surface area contributed by atoms with Gasteiger partial charge in [-0.1, -0.05) is 90.6 Å². The molecule has 17 atom stereocenters. The van der Waals surface area contributed by atoms with E-state index in [0.717, 1.165) is 54.4 Å². The number of benzene rings is 7. The molecule has 14 rings (SSSR count). The van der Waals surface area contributed by atoms with E-state index >= 15 is 19.2 Å². The zero-order valence-corrected chi connectivity index (χ0v) is 66.7. The highest BCUT2D eigenvalue weighted by Crippen LogP contribution is 2.51. The number of carbonyl (C=O) groups is 8. The summed E-state index contributed by atoms with van der Waals surface area (Å²) >= 11 is 26.7. The maximum Gasteiger partial charge on any atom is 0.283 e. The third-order valence-electron chi connectivity index (χ3n) is 21.0. The van der Waals surface area contributed by atoms with E-state index in [1.807, 2.05) is 26.0 Å². The van der Waals surface area contributed by atoms with Gasteiger partial charge in [0.15, 0.2) is 41.2 Å². The van der Waals surface area contributed by atoms with Crippen LogP contribution in [0.2, 0.25) is 20.1 Å². The van der Waals surface area contributed by atoms with Crippen molar-refractivity contribution in [1.82, 2.24) is 31.9 Å². The molecule has 7 aliphatic rings. The zero-order chi connectivity index (χ0) is 84.3. The average molecular weight is 1700 g/mol. The molecule has 0 aromatic heterocycles. The number of aliphatic hydroxyl groups excluding tert-OH is 5. The molecule has 0 spiro atoms. The van der Waals surface area contributed by atoms with Crippen molar-refractivity contribution >= 4 is 93.3 Å². The van der Waals surface area contributed by atoms with Gasteiger partial charge in [0.2, 0.25) is 35.7 Å². The number of fused-ring (bicyclic) bond motifs is 15. The van der Waals surface area contributed by atoms with Crippen LogP contribution < -0.4 is 61.3 Å². The van der Waals surface area contributed by atoms with Gasteiger partial charge in [-0.3, -0.25) is 38.4 Å². The van der Waals surface area contributed by atoms with Gasteiger partial charge in [0.05, 0.1) is 56.8 Å². The summed E-state index contributed by atoms with van der Waals surface area (Å²) in [7, 11) is 1.51. The molecule has 622 valence electrons. The summed E-state index contributed by atoms with van der Waals surface area (Å²) in [6, 6.07) is 20.5. The third kappa shape index (κ3) is 19.6. The topological polar surface area (TPSA) is 470 Å². The molecule has 2 fully saturated rings.